The average Bonchev–Trinajstić information content (AvgIpc) is 2.77. The van der Waals surface area contributed by atoms with Crippen molar-refractivity contribution in [2.45, 2.75) is 13.5 Å². The van der Waals surface area contributed by atoms with Gasteiger partial charge in [-0.1, -0.05) is 19.1 Å². The molecule has 3 rings (SSSR count). The summed E-state index contributed by atoms with van der Waals surface area (Å²) in [5.74, 6) is 0.413. The molecule has 1 aromatic heterocycles. The first kappa shape index (κ1) is 19.8. The summed E-state index contributed by atoms with van der Waals surface area (Å²) >= 11 is 0. The van der Waals surface area contributed by atoms with Gasteiger partial charge in [0.15, 0.2) is 0 Å². The second-order valence-electron chi connectivity index (χ2n) is 6.69. The summed E-state index contributed by atoms with van der Waals surface area (Å²) in [5.41, 5.74) is 1.70. The van der Waals surface area contributed by atoms with Crippen LogP contribution in [0.1, 0.15) is 33.3 Å². The van der Waals surface area contributed by atoms with Crippen LogP contribution >= 0.6 is 0 Å². The van der Waals surface area contributed by atoms with Crippen LogP contribution in [0.3, 0.4) is 0 Å². The molecule has 1 aliphatic heterocycles. The normalized spacial score (nSPS) is 14.6. The van der Waals surface area contributed by atoms with E-state index in [0.717, 1.165) is 30.9 Å². The van der Waals surface area contributed by atoms with Crippen molar-refractivity contribution >= 4 is 11.8 Å². The van der Waals surface area contributed by atoms with E-state index in [9.17, 15) is 9.59 Å². The van der Waals surface area contributed by atoms with Gasteiger partial charge in [0.2, 0.25) is 0 Å². The number of nitrogens with one attached hydrogen (secondary N) is 1. The lowest BCUT2D eigenvalue weighted by Crippen LogP contribution is -2.48. The highest BCUT2D eigenvalue weighted by Crippen LogP contribution is 2.12. The molecule has 0 atom stereocenters. The average molecular weight is 382 g/mol. The molecular formula is C21H26N4O3. The Morgan fingerprint density at radius 3 is 2.46 bits per heavy atom. The minimum atomic E-state index is -0.233. The summed E-state index contributed by atoms with van der Waals surface area (Å²) in [7, 11) is 1.61. The van der Waals surface area contributed by atoms with Crippen molar-refractivity contribution in [3.63, 3.8) is 0 Å². The molecule has 0 saturated carbocycles. The number of benzene rings is 1. The molecule has 1 N–H and O–H groups in total. The SMILES string of the molecule is CCN1CCN(C(=O)c2cc(C(=O)NCc3ccc(OC)cc3)ccn2)CC1. The smallest absolute Gasteiger partial charge is 0.272 e. The molecule has 1 saturated heterocycles. The number of hydrogen-bond acceptors (Lipinski definition) is 5. The molecule has 1 aliphatic rings. The zero-order valence-electron chi connectivity index (χ0n) is 16.4. The monoisotopic (exact) mass is 382 g/mol. The minimum absolute atomic E-state index is 0.124. The molecule has 28 heavy (non-hydrogen) atoms. The van der Waals surface area contributed by atoms with Gasteiger partial charge in [-0.05, 0) is 36.4 Å². The van der Waals surface area contributed by atoms with E-state index < -0.39 is 0 Å². The lowest BCUT2D eigenvalue weighted by atomic mass is 10.1. The van der Waals surface area contributed by atoms with Gasteiger partial charge in [0.1, 0.15) is 11.4 Å². The Labute approximate surface area is 165 Å². The molecule has 7 heteroatoms. The zero-order chi connectivity index (χ0) is 19.9. The summed E-state index contributed by atoms with van der Waals surface area (Å²) in [6.45, 7) is 6.60. The Kier molecular flexibility index (Phi) is 6.60. The van der Waals surface area contributed by atoms with Gasteiger partial charge in [-0.25, -0.2) is 0 Å². The maximum atomic E-state index is 12.7. The Balaban J connectivity index is 1.60. The number of piperazine rings is 1. The molecule has 0 spiro atoms. The molecule has 0 unspecified atom stereocenters. The predicted molar refractivity (Wildman–Crippen MR) is 106 cm³/mol. The van der Waals surface area contributed by atoms with Crippen molar-refractivity contribution in [2.24, 2.45) is 0 Å². The van der Waals surface area contributed by atoms with Crippen LogP contribution in [0.2, 0.25) is 0 Å². The number of ether oxygens (including phenoxy) is 1. The molecule has 2 heterocycles. The van der Waals surface area contributed by atoms with Gasteiger partial charge in [0.05, 0.1) is 7.11 Å². The predicted octanol–water partition coefficient (Wildman–Crippen LogP) is 1.80. The molecule has 7 nitrogen and oxygen atoms in total. The highest BCUT2D eigenvalue weighted by molar-refractivity contribution is 5.98. The van der Waals surface area contributed by atoms with Crippen molar-refractivity contribution in [3.05, 3.63) is 59.4 Å². The molecule has 1 fully saturated rings. The number of hydrogen-bond donors (Lipinski definition) is 1. The molecule has 0 bridgehead atoms. The second-order valence-corrected chi connectivity index (χ2v) is 6.69. The van der Waals surface area contributed by atoms with Crippen LogP contribution in [-0.2, 0) is 6.54 Å². The highest BCUT2D eigenvalue weighted by Gasteiger charge is 2.22. The third-order valence-corrected chi connectivity index (χ3v) is 4.96. The van der Waals surface area contributed by atoms with E-state index in [2.05, 4.69) is 22.1 Å². The quantitative estimate of drug-likeness (QED) is 0.825. The molecular weight excluding hydrogens is 356 g/mol. The number of methoxy groups -OCH3 is 1. The second kappa shape index (κ2) is 9.32. The largest absolute Gasteiger partial charge is 0.497 e. The van der Waals surface area contributed by atoms with Crippen molar-refractivity contribution in [2.75, 3.05) is 39.8 Å². The van der Waals surface area contributed by atoms with E-state index in [0.29, 0.717) is 30.9 Å². The summed E-state index contributed by atoms with van der Waals surface area (Å²) in [4.78, 5) is 33.5. The maximum absolute atomic E-state index is 12.7. The van der Waals surface area contributed by atoms with E-state index >= 15 is 0 Å². The number of rotatable bonds is 6. The lowest BCUT2D eigenvalue weighted by molar-refractivity contribution is 0.0637. The van der Waals surface area contributed by atoms with Gasteiger partial charge >= 0.3 is 0 Å². The van der Waals surface area contributed by atoms with Crippen molar-refractivity contribution < 1.29 is 14.3 Å². The van der Waals surface area contributed by atoms with E-state index in [1.54, 1.807) is 24.1 Å². The van der Waals surface area contributed by atoms with Crippen LogP contribution in [0.5, 0.6) is 5.75 Å². The van der Waals surface area contributed by atoms with Crippen molar-refractivity contribution in [3.8, 4) is 5.75 Å². The number of aromatic nitrogens is 1. The van der Waals surface area contributed by atoms with Gasteiger partial charge in [0.25, 0.3) is 11.8 Å². The standard InChI is InChI=1S/C21H26N4O3/c1-3-24-10-12-25(13-11-24)21(27)19-14-17(8-9-22-19)20(26)23-15-16-4-6-18(28-2)7-5-16/h4-9,14H,3,10-13,15H2,1-2H3,(H,23,26). The van der Waals surface area contributed by atoms with E-state index in [1.807, 2.05) is 24.3 Å². The van der Waals surface area contributed by atoms with Crippen LogP contribution in [-0.4, -0.2) is 66.4 Å². The van der Waals surface area contributed by atoms with Crippen molar-refractivity contribution in [1.82, 2.24) is 20.1 Å². The van der Waals surface area contributed by atoms with Crippen LogP contribution in [0.4, 0.5) is 0 Å². The fourth-order valence-corrected chi connectivity index (χ4v) is 3.15. The van der Waals surface area contributed by atoms with Crippen LogP contribution in [0.15, 0.2) is 42.6 Å². The van der Waals surface area contributed by atoms with E-state index in [1.165, 1.54) is 6.20 Å². The first-order chi connectivity index (χ1) is 13.6. The highest BCUT2D eigenvalue weighted by atomic mass is 16.5. The summed E-state index contributed by atoms with van der Waals surface area (Å²) in [6, 6.07) is 10.7. The first-order valence-corrected chi connectivity index (χ1v) is 9.49. The summed E-state index contributed by atoms with van der Waals surface area (Å²) in [6.07, 6.45) is 1.51. The van der Waals surface area contributed by atoms with E-state index in [4.69, 9.17) is 4.74 Å². The molecule has 1 aromatic carbocycles. The topological polar surface area (TPSA) is 74.8 Å². The third-order valence-electron chi connectivity index (χ3n) is 4.96. The number of likely N-dealkylation sites (N-methyl/N-ethyl adjacent to an activating group) is 1. The molecule has 0 aliphatic carbocycles. The maximum Gasteiger partial charge on any atom is 0.272 e. The molecule has 0 radical (unpaired) electrons. The van der Waals surface area contributed by atoms with Crippen LogP contribution < -0.4 is 10.1 Å². The van der Waals surface area contributed by atoms with Gasteiger partial charge in [-0.3, -0.25) is 14.6 Å². The van der Waals surface area contributed by atoms with Crippen molar-refractivity contribution in [1.29, 1.82) is 0 Å². The van der Waals surface area contributed by atoms with E-state index in [-0.39, 0.29) is 11.8 Å². The fourth-order valence-electron chi connectivity index (χ4n) is 3.15. The molecule has 2 amide bonds. The van der Waals surface area contributed by atoms with Gasteiger partial charge < -0.3 is 19.9 Å². The Morgan fingerprint density at radius 1 is 1.11 bits per heavy atom. The first-order valence-electron chi connectivity index (χ1n) is 9.49. The van der Waals surface area contributed by atoms with Crippen LogP contribution in [0, 0.1) is 0 Å². The van der Waals surface area contributed by atoms with Gasteiger partial charge in [0, 0.05) is 44.5 Å². The number of nitrogens with zero attached hydrogens (tertiary/aromatic N) is 3. The number of pyridine rings is 1. The van der Waals surface area contributed by atoms with Gasteiger partial charge in [-0.2, -0.15) is 0 Å². The summed E-state index contributed by atoms with van der Waals surface area (Å²) in [5, 5.41) is 2.87. The Morgan fingerprint density at radius 2 is 1.82 bits per heavy atom. The molecule has 148 valence electrons. The number of carbonyl (C=O) groups is 2. The minimum Gasteiger partial charge on any atom is -0.497 e. The van der Waals surface area contributed by atoms with Crippen LogP contribution in [0.25, 0.3) is 0 Å². The number of carbonyl (C=O) groups excluding carboxylic acids is 2. The molecule has 2 aromatic rings. The summed E-state index contributed by atoms with van der Waals surface area (Å²) < 4.78 is 5.13. The lowest BCUT2D eigenvalue weighted by Gasteiger charge is -2.33. The van der Waals surface area contributed by atoms with Gasteiger partial charge in [-0.15, -0.1) is 0 Å². The fraction of sp³-hybridized carbons (Fsp3) is 0.381. The zero-order valence-corrected chi connectivity index (χ0v) is 16.4. The Hall–Kier alpha value is -2.93. The number of amides is 2. The Bertz CT molecular complexity index is 815. The third kappa shape index (κ3) is 4.86.